The third kappa shape index (κ3) is 9.81. The number of aliphatic hydroxyl groups excluding tert-OH is 1. The van der Waals surface area contributed by atoms with Gasteiger partial charge in [0.05, 0.1) is 39.1 Å². The average Bonchev–Trinajstić information content (AvgIpc) is 3.03. The van der Waals surface area contributed by atoms with E-state index in [1.807, 2.05) is 115 Å². The smallest absolute Gasteiger partial charge is 0.337 e. The topological polar surface area (TPSA) is 74.2 Å². The Morgan fingerprint density at radius 3 is 1.76 bits per heavy atom. The number of methoxy groups -OCH3 is 1. The molecular formula is C35H36O6. The lowest BCUT2D eigenvalue weighted by Gasteiger charge is -2.29. The van der Waals surface area contributed by atoms with Crippen LogP contribution in [0.2, 0.25) is 0 Å². The molecule has 4 aromatic carbocycles. The van der Waals surface area contributed by atoms with Gasteiger partial charge in [0.15, 0.2) is 0 Å². The molecule has 4 rings (SSSR count). The first-order valence-electron chi connectivity index (χ1n) is 13.6. The molecule has 0 aliphatic rings. The van der Waals surface area contributed by atoms with Crippen LogP contribution >= 0.6 is 0 Å². The van der Waals surface area contributed by atoms with Crippen LogP contribution in [0.1, 0.15) is 32.6 Å². The first kappa shape index (κ1) is 29.9. The Bertz CT molecular complexity index is 1320. The van der Waals surface area contributed by atoms with E-state index in [1.54, 1.807) is 12.1 Å². The summed E-state index contributed by atoms with van der Waals surface area (Å²) >= 11 is 0. The standard InChI is InChI=1S/C35H36O6/c1-38-35(37)31-20-17-27(18-21-31)19-22-33(40-24-29-13-7-3-8-14-29)34(41-25-30-15-9-4-10-16-30)32(36)26-39-23-28-11-5-2-6-12-28/h2-22,32-34,36H,23-26H2,1H3/b22-19+/t32-,33-,34-/m1/s1. The lowest BCUT2D eigenvalue weighted by Crippen LogP contribution is -2.42. The second-order valence-electron chi connectivity index (χ2n) is 9.56. The van der Waals surface area contributed by atoms with Crippen LogP contribution in [0.25, 0.3) is 6.08 Å². The number of benzene rings is 4. The van der Waals surface area contributed by atoms with Crippen molar-refractivity contribution in [3.63, 3.8) is 0 Å². The summed E-state index contributed by atoms with van der Waals surface area (Å²) in [5.41, 5.74) is 4.34. The molecule has 0 radical (unpaired) electrons. The van der Waals surface area contributed by atoms with Crippen LogP contribution in [-0.2, 0) is 38.8 Å². The van der Waals surface area contributed by atoms with Crippen molar-refractivity contribution < 1.29 is 28.8 Å². The van der Waals surface area contributed by atoms with E-state index in [4.69, 9.17) is 18.9 Å². The maximum Gasteiger partial charge on any atom is 0.337 e. The number of aliphatic hydroxyl groups is 1. The molecule has 0 aliphatic carbocycles. The SMILES string of the molecule is COC(=O)c1ccc(/C=C/[C@@H](OCc2ccccc2)[C@H](OCc2ccccc2)[C@H](O)COCc2ccccc2)cc1. The van der Waals surface area contributed by atoms with E-state index in [-0.39, 0.29) is 6.61 Å². The minimum atomic E-state index is -0.963. The lowest BCUT2D eigenvalue weighted by molar-refractivity contribution is -0.133. The first-order chi connectivity index (χ1) is 20.1. The van der Waals surface area contributed by atoms with E-state index >= 15 is 0 Å². The van der Waals surface area contributed by atoms with Crippen LogP contribution < -0.4 is 0 Å². The van der Waals surface area contributed by atoms with E-state index in [1.165, 1.54) is 7.11 Å². The van der Waals surface area contributed by atoms with Crippen molar-refractivity contribution in [2.45, 2.75) is 38.1 Å². The molecule has 0 amide bonds. The summed E-state index contributed by atoms with van der Waals surface area (Å²) < 4.78 is 23.4. The summed E-state index contributed by atoms with van der Waals surface area (Å²) in [6.07, 6.45) is 1.49. The van der Waals surface area contributed by atoms with Crippen LogP contribution in [0.5, 0.6) is 0 Å². The number of esters is 1. The Morgan fingerprint density at radius 1 is 0.707 bits per heavy atom. The summed E-state index contributed by atoms with van der Waals surface area (Å²) in [4.78, 5) is 11.8. The van der Waals surface area contributed by atoms with Gasteiger partial charge >= 0.3 is 5.97 Å². The summed E-state index contributed by atoms with van der Waals surface area (Å²) in [5, 5.41) is 11.3. The highest BCUT2D eigenvalue weighted by Gasteiger charge is 2.29. The van der Waals surface area contributed by atoms with E-state index in [9.17, 15) is 9.90 Å². The fourth-order valence-electron chi connectivity index (χ4n) is 4.24. The molecule has 3 atom stereocenters. The molecule has 0 bridgehead atoms. The molecule has 0 aromatic heterocycles. The van der Waals surface area contributed by atoms with Crippen molar-refractivity contribution in [3.05, 3.63) is 149 Å². The average molecular weight is 553 g/mol. The molecule has 0 fully saturated rings. The molecule has 0 heterocycles. The highest BCUT2D eigenvalue weighted by Crippen LogP contribution is 2.19. The predicted octanol–water partition coefficient (Wildman–Crippen LogP) is 6.23. The van der Waals surface area contributed by atoms with Gasteiger partial charge in [0.25, 0.3) is 0 Å². The third-order valence-corrected chi connectivity index (χ3v) is 6.48. The van der Waals surface area contributed by atoms with Gasteiger partial charge in [-0.1, -0.05) is 115 Å². The van der Waals surface area contributed by atoms with Gasteiger partial charge < -0.3 is 24.1 Å². The number of carbonyl (C=O) groups excluding carboxylic acids is 1. The monoisotopic (exact) mass is 552 g/mol. The molecule has 212 valence electrons. The Hall–Kier alpha value is -4.07. The minimum absolute atomic E-state index is 0.0706. The van der Waals surface area contributed by atoms with E-state index in [0.717, 1.165) is 22.3 Å². The van der Waals surface area contributed by atoms with Crippen LogP contribution in [-0.4, -0.2) is 43.1 Å². The van der Waals surface area contributed by atoms with E-state index in [2.05, 4.69) is 0 Å². The molecule has 6 nitrogen and oxygen atoms in total. The highest BCUT2D eigenvalue weighted by atomic mass is 16.6. The quantitative estimate of drug-likeness (QED) is 0.176. The molecule has 41 heavy (non-hydrogen) atoms. The third-order valence-electron chi connectivity index (χ3n) is 6.48. The zero-order valence-electron chi connectivity index (χ0n) is 23.2. The van der Waals surface area contributed by atoms with Crippen molar-refractivity contribution in [1.29, 1.82) is 0 Å². The maximum atomic E-state index is 11.8. The Balaban J connectivity index is 1.54. The van der Waals surface area contributed by atoms with Gasteiger partial charge in [0, 0.05) is 0 Å². The summed E-state index contributed by atoms with van der Waals surface area (Å²) in [5.74, 6) is -0.391. The summed E-state index contributed by atoms with van der Waals surface area (Å²) in [6, 6.07) is 36.6. The molecule has 0 saturated carbocycles. The number of rotatable bonds is 15. The molecule has 0 saturated heterocycles. The molecule has 1 N–H and O–H groups in total. The van der Waals surface area contributed by atoms with E-state index < -0.39 is 24.3 Å². The number of carbonyl (C=O) groups is 1. The van der Waals surface area contributed by atoms with Crippen LogP contribution in [0.3, 0.4) is 0 Å². The normalized spacial score (nSPS) is 13.5. The predicted molar refractivity (Wildman–Crippen MR) is 159 cm³/mol. The number of ether oxygens (including phenoxy) is 4. The largest absolute Gasteiger partial charge is 0.465 e. The summed E-state index contributed by atoms with van der Waals surface area (Å²) in [6.45, 7) is 1.08. The second kappa shape index (κ2) is 16.3. The maximum absolute atomic E-state index is 11.8. The number of hydrogen-bond donors (Lipinski definition) is 1. The van der Waals surface area contributed by atoms with Gasteiger partial charge in [-0.05, 0) is 34.4 Å². The number of hydrogen-bond acceptors (Lipinski definition) is 6. The fourth-order valence-corrected chi connectivity index (χ4v) is 4.24. The minimum Gasteiger partial charge on any atom is -0.465 e. The van der Waals surface area contributed by atoms with Gasteiger partial charge in [-0.15, -0.1) is 0 Å². The lowest BCUT2D eigenvalue weighted by atomic mass is 10.0. The van der Waals surface area contributed by atoms with Gasteiger partial charge in [0.1, 0.15) is 18.3 Å². The highest BCUT2D eigenvalue weighted by molar-refractivity contribution is 5.89. The first-order valence-corrected chi connectivity index (χ1v) is 13.6. The summed E-state index contributed by atoms with van der Waals surface area (Å²) in [7, 11) is 1.36. The van der Waals surface area contributed by atoms with Crippen molar-refractivity contribution in [3.8, 4) is 0 Å². The van der Waals surface area contributed by atoms with Gasteiger partial charge in [-0.3, -0.25) is 0 Å². The van der Waals surface area contributed by atoms with E-state index in [0.29, 0.717) is 25.4 Å². The van der Waals surface area contributed by atoms with Crippen molar-refractivity contribution in [2.24, 2.45) is 0 Å². The van der Waals surface area contributed by atoms with Crippen LogP contribution in [0.15, 0.2) is 121 Å². The molecule has 6 heteroatoms. The Kier molecular flexibility index (Phi) is 11.9. The zero-order chi connectivity index (χ0) is 28.7. The fraction of sp³-hybridized carbons (Fsp3) is 0.229. The molecule has 0 unspecified atom stereocenters. The van der Waals surface area contributed by atoms with Gasteiger partial charge in [0.2, 0.25) is 0 Å². The van der Waals surface area contributed by atoms with Crippen LogP contribution in [0.4, 0.5) is 0 Å². The Morgan fingerprint density at radius 2 is 1.22 bits per heavy atom. The van der Waals surface area contributed by atoms with Crippen molar-refractivity contribution in [2.75, 3.05) is 13.7 Å². The molecular weight excluding hydrogens is 516 g/mol. The van der Waals surface area contributed by atoms with Gasteiger partial charge in [-0.2, -0.15) is 0 Å². The van der Waals surface area contributed by atoms with Crippen molar-refractivity contribution in [1.82, 2.24) is 0 Å². The molecule has 0 spiro atoms. The van der Waals surface area contributed by atoms with Crippen LogP contribution in [0, 0.1) is 0 Å². The van der Waals surface area contributed by atoms with Gasteiger partial charge in [-0.25, -0.2) is 4.79 Å². The second-order valence-corrected chi connectivity index (χ2v) is 9.56. The zero-order valence-corrected chi connectivity index (χ0v) is 23.2. The Labute approximate surface area is 241 Å². The molecule has 4 aromatic rings. The van der Waals surface area contributed by atoms with Crippen molar-refractivity contribution >= 4 is 12.0 Å². The molecule has 0 aliphatic heterocycles.